The molecule has 1 saturated heterocycles. The summed E-state index contributed by atoms with van der Waals surface area (Å²) >= 11 is 5.99. The van der Waals surface area contributed by atoms with Crippen LogP contribution in [0.15, 0.2) is 18.2 Å². The molecule has 114 valence electrons. The van der Waals surface area contributed by atoms with Crippen LogP contribution in [0.5, 0.6) is 5.75 Å². The van der Waals surface area contributed by atoms with Crippen molar-refractivity contribution in [3.05, 3.63) is 28.8 Å². The summed E-state index contributed by atoms with van der Waals surface area (Å²) in [4.78, 5) is 14.6. The molecule has 0 aliphatic carbocycles. The van der Waals surface area contributed by atoms with Crippen LogP contribution < -0.4 is 10.5 Å². The SMILES string of the molecule is CC1(C)CN(C(=O)C2Cc3cc(Cl)ccc3O2)CCC1N. The number of carbonyl (C=O) groups excluding carboxylic acids is 1. The summed E-state index contributed by atoms with van der Waals surface area (Å²) < 4.78 is 5.79. The van der Waals surface area contributed by atoms with Gasteiger partial charge in [-0.05, 0) is 35.6 Å². The highest BCUT2D eigenvalue weighted by Gasteiger charge is 2.39. The molecule has 0 spiro atoms. The molecule has 2 unspecified atom stereocenters. The maximum absolute atomic E-state index is 12.7. The van der Waals surface area contributed by atoms with Crippen molar-refractivity contribution >= 4 is 17.5 Å². The van der Waals surface area contributed by atoms with Crippen molar-refractivity contribution in [3.8, 4) is 5.75 Å². The van der Waals surface area contributed by atoms with Gasteiger partial charge in [0.25, 0.3) is 5.91 Å². The molecule has 1 amide bonds. The van der Waals surface area contributed by atoms with E-state index in [1.54, 1.807) is 6.07 Å². The van der Waals surface area contributed by atoms with Gasteiger partial charge in [0.05, 0.1) is 0 Å². The van der Waals surface area contributed by atoms with Crippen LogP contribution in [0.3, 0.4) is 0 Å². The van der Waals surface area contributed by atoms with Crippen LogP contribution in [0.2, 0.25) is 5.02 Å². The zero-order valence-corrected chi connectivity index (χ0v) is 13.2. The van der Waals surface area contributed by atoms with Gasteiger partial charge in [-0.3, -0.25) is 4.79 Å². The second-order valence-corrected chi connectivity index (χ2v) is 7.14. The van der Waals surface area contributed by atoms with Crippen molar-refractivity contribution in [1.29, 1.82) is 0 Å². The van der Waals surface area contributed by atoms with Gasteiger partial charge in [-0.15, -0.1) is 0 Å². The molecule has 21 heavy (non-hydrogen) atoms. The van der Waals surface area contributed by atoms with Crippen molar-refractivity contribution in [2.75, 3.05) is 13.1 Å². The zero-order chi connectivity index (χ0) is 15.2. The van der Waals surface area contributed by atoms with Crippen LogP contribution in [0.1, 0.15) is 25.8 Å². The fourth-order valence-electron chi connectivity index (χ4n) is 3.12. The highest BCUT2D eigenvalue weighted by molar-refractivity contribution is 6.30. The van der Waals surface area contributed by atoms with Crippen molar-refractivity contribution in [1.82, 2.24) is 4.90 Å². The fourth-order valence-corrected chi connectivity index (χ4v) is 3.32. The van der Waals surface area contributed by atoms with Gasteiger partial charge in [-0.2, -0.15) is 0 Å². The first-order chi connectivity index (χ1) is 9.87. The number of ether oxygens (including phenoxy) is 1. The molecule has 0 aromatic heterocycles. The van der Waals surface area contributed by atoms with Crippen molar-refractivity contribution in [2.24, 2.45) is 11.1 Å². The molecule has 1 aromatic carbocycles. The van der Waals surface area contributed by atoms with Gasteiger partial charge in [0.2, 0.25) is 0 Å². The van der Waals surface area contributed by atoms with E-state index in [2.05, 4.69) is 13.8 Å². The standard InChI is InChI=1S/C16H21ClN2O2/c1-16(2)9-19(6-5-14(16)18)15(20)13-8-10-7-11(17)3-4-12(10)21-13/h3-4,7,13-14H,5-6,8-9,18H2,1-2H3. The Bertz CT molecular complexity index is 573. The Morgan fingerprint density at radius 3 is 2.95 bits per heavy atom. The Balaban J connectivity index is 1.71. The van der Waals surface area contributed by atoms with Gasteiger partial charge in [-0.1, -0.05) is 25.4 Å². The lowest BCUT2D eigenvalue weighted by atomic mass is 9.79. The molecule has 1 aromatic rings. The molecular weight excluding hydrogens is 288 g/mol. The van der Waals surface area contributed by atoms with Gasteiger partial charge in [0.1, 0.15) is 5.75 Å². The summed E-state index contributed by atoms with van der Waals surface area (Å²) in [6, 6.07) is 5.64. The van der Waals surface area contributed by atoms with Crippen molar-refractivity contribution < 1.29 is 9.53 Å². The van der Waals surface area contributed by atoms with Gasteiger partial charge < -0.3 is 15.4 Å². The van der Waals surface area contributed by atoms with Crippen LogP contribution in [0.4, 0.5) is 0 Å². The quantitative estimate of drug-likeness (QED) is 0.865. The normalized spacial score (nSPS) is 27.1. The molecule has 2 N–H and O–H groups in total. The van der Waals surface area contributed by atoms with Crippen LogP contribution >= 0.6 is 11.6 Å². The van der Waals surface area contributed by atoms with Crippen LogP contribution in [-0.4, -0.2) is 36.0 Å². The lowest BCUT2D eigenvalue weighted by molar-refractivity contribution is -0.141. The third-order valence-electron chi connectivity index (χ3n) is 4.60. The minimum atomic E-state index is -0.427. The van der Waals surface area contributed by atoms with Crippen LogP contribution in [0.25, 0.3) is 0 Å². The Morgan fingerprint density at radius 1 is 1.48 bits per heavy atom. The molecule has 3 rings (SSSR count). The first kappa shape index (κ1) is 14.7. The highest BCUT2D eigenvalue weighted by atomic mass is 35.5. The summed E-state index contributed by atoms with van der Waals surface area (Å²) in [5.41, 5.74) is 7.09. The first-order valence-electron chi connectivity index (χ1n) is 7.36. The smallest absolute Gasteiger partial charge is 0.264 e. The first-order valence-corrected chi connectivity index (χ1v) is 7.74. The molecule has 2 atom stereocenters. The van der Waals surface area contributed by atoms with E-state index in [9.17, 15) is 4.79 Å². The monoisotopic (exact) mass is 308 g/mol. The van der Waals surface area contributed by atoms with E-state index in [0.717, 1.165) is 17.7 Å². The maximum atomic E-state index is 12.7. The topological polar surface area (TPSA) is 55.6 Å². The zero-order valence-electron chi connectivity index (χ0n) is 12.4. The van der Waals surface area contributed by atoms with Crippen LogP contribution in [0, 0.1) is 5.41 Å². The maximum Gasteiger partial charge on any atom is 0.264 e. The lowest BCUT2D eigenvalue weighted by Crippen LogP contribution is -2.56. The van der Waals surface area contributed by atoms with E-state index in [4.69, 9.17) is 22.1 Å². The molecular formula is C16H21ClN2O2. The van der Waals surface area contributed by atoms with Crippen molar-refractivity contribution in [2.45, 2.75) is 38.8 Å². The fraction of sp³-hybridized carbons (Fsp3) is 0.562. The van der Waals surface area contributed by atoms with Crippen LogP contribution in [-0.2, 0) is 11.2 Å². The molecule has 1 fully saturated rings. The Labute approximate surface area is 130 Å². The average molecular weight is 309 g/mol. The predicted molar refractivity (Wildman–Crippen MR) is 82.5 cm³/mol. The largest absolute Gasteiger partial charge is 0.480 e. The summed E-state index contributed by atoms with van der Waals surface area (Å²) in [6.45, 7) is 5.62. The van der Waals surface area contributed by atoms with Gasteiger partial charge in [0, 0.05) is 30.6 Å². The number of nitrogens with two attached hydrogens (primary N) is 1. The van der Waals surface area contributed by atoms with Crippen molar-refractivity contribution in [3.63, 3.8) is 0 Å². The summed E-state index contributed by atoms with van der Waals surface area (Å²) in [6.07, 6.45) is 1.01. The number of rotatable bonds is 1. The third kappa shape index (κ3) is 2.74. The lowest BCUT2D eigenvalue weighted by Gasteiger charge is -2.43. The molecule has 0 saturated carbocycles. The number of halogens is 1. The number of nitrogens with zero attached hydrogens (tertiary/aromatic N) is 1. The Hall–Kier alpha value is -1.26. The minimum absolute atomic E-state index is 0.0529. The summed E-state index contributed by atoms with van der Waals surface area (Å²) in [7, 11) is 0. The second-order valence-electron chi connectivity index (χ2n) is 6.71. The van der Waals surface area contributed by atoms with E-state index in [1.807, 2.05) is 17.0 Å². The molecule has 0 bridgehead atoms. The molecule has 0 radical (unpaired) electrons. The summed E-state index contributed by atoms with van der Waals surface area (Å²) in [5, 5.41) is 0.676. The molecule has 2 heterocycles. The number of hydrogen-bond donors (Lipinski definition) is 1. The van der Waals surface area contributed by atoms with E-state index < -0.39 is 6.10 Å². The third-order valence-corrected chi connectivity index (χ3v) is 4.83. The van der Waals surface area contributed by atoms with Gasteiger partial charge >= 0.3 is 0 Å². The number of benzene rings is 1. The summed E-state index contributed by atoms with van der Waals surface area (Å²) in [5.74, 6) is 0.827. The minimum Gasteiger partial charge on any atom is -0.480 e. The molecule has 5 heteroatoms. The number of piperidine rings is 1. The Morgan fingerprint density at radius 2 is 2.24 bits per heavy atom. The van der Waals surface area contributed by atoms with E-state index in [0.29, 0.717) is 24.5 Å². The molecule has 4 nitrogen and oxygen atoms in total. The highest BCUT2D eigenvalue weighted by Crippen LogP contribution is 2.33. The van der Waals surface area contributed by atoms with E-state index >= 15 is 0 Å². The predicted octanol–water partition coefficient (Wildman–Crippen LogP) is 2.23. The molecule has 2 aliphatic heterocycles. The van der Waals surface area contributed by atoms with Gasteiger partial charge in [0.15, 0.2) is 6.10 Å². The van der Waals surface area contributed by atoms with E-state index in [1.165, 1.54) is 0 Å². The Kier molecular flexibility index (Phi) is 3.62. The number of likely N-dealkylation sites (tertiary alicyclic amines) is 1. The molecule has 2 aliphatic rings. The number of amides is 1. The average Bonchev–Trinajstić information content (AvgIpc) is 2.83. The number of carbonyl (C=O) groups is 1. The second kappa shape index (κ2) is 5.18. The number of hydrogen-bond acceptors (Lipinski definition) is 3. The van der Waals surface area contributed by atoms with Gasteiger partial charge in [-0.25, -0.2) is 0 Å². The number of fused-ring (bicyclic) bond motifs is 1. The van der Waals surface area contributed by atoms with E-state index in [-0.39, 0.29) is 17.4 Å².